The van der Waals surface area contributed by atoms with E-state index in [0.717, 1.165) is 5.56 Å². The molecule has 3 N–H and O–H groups in total. The van der Waals surface area contributed by atoms with Crippen LogP contribution in [-0.2, 0) is 0 Å². The molecule has 0 aliphatic rings. The molecule has 0 spiro atoms. The summed E-state index contributed by atoms with van der Waals surface area (Å²) >= 11 is 0. The van der Waals surface area contributed by atoms with Gasteiger partial charge in [0.25, 0.3) is 0 Å². The molecule has 0 atom stereocenters. The van der Waals surface area contributed by atoms with Gasteiger partial charge in [-0.1, -0.05) is 24.3 Å². The van der Waals surface area contributed by atoms with E-state index in [1.165, 1.54) is 6.92 Å². The Morgan fingerprint density at radius 3 is 2.80 bits per heavy atom. The highest BCUT2D eigenvalue weighted by Crippen LogP contribution is 2.16. The van der Waals surface area contributed by atoms with Gasteiger partial charge in [-0.15, -0.1) is 0 Å². The highest BCUT2D eigenvalue weighted by Gasteiger charge is 2.01. The molecule has 1 aromatic carbocycles. The number of nitrogens with two attached hydrogens (primary N) is 1. The summed E-state index contributed by atoms with van der Waals surface area (Å²) in [5, 5.41) is 8.60. The average molecular weight is 205 g/mol. The number of carbonyl (C=O) groups excluding carboxylic acids is 1. The molecule has 0 bridgehead atoms. The van der Waals surface area contributed by atoms with Gasteiger partial charge in [0, 0.05) is 17.9 Å². The van der Waals surface area contributed by atoms with Crippen LogP contribution in [0.4, 0.5) is 5.69 Å². The Hall–Kier alpha value is -1.61. The third kappa shape index (κ3) is 3.22. The molecule has 3 heteroatoms. The molecule has 80 valence electrons. The van der Waals surface area contributed by atoms with Crippen LogP contribution in [0.2, 0.25) is 0 Å². The van der Waals surface area contributed by atoms with Gasteiger partial charge >= 0.3 is 0 Å². The lowest BCUT2D eigenvalue weighted by atomic mass is 10.1. The monoisotopic (exact) mass is 205 g/mol. The summed E-state index contributed by atoms with van der Waals surface area (Å²) < 4.78 is 0. The van der Waals surface area contributed by atoms with Crippen LogP contribution >= 0.6 is 0 Å². The van der Waals surface area contributed by atoms with Gasteiger partial charge in [0.1, 0.15) is 0 Å². The van der Waals surface area contributed by atoms with Crippen LogP contribution in [0.1, 0.15) is 29.3 Å². The van der Waals surface area contributed by atoms with Gasteiger partial charge in [0.2, 0.25) is 0 Å². The molecule has 0 aliphatic carbocycles. The number of carbonyl (C=O) groups is 1. The third-order valence-electron chi connectivity index (χ3n) is 2.09. The van der Waals surface area contributed by atoms with Crippen molar-refractivity contribution in [2.75, 3.05) is 12.3 Å². The number of hydrogen-bond donors (Lipinski definition) is 2. The number of benzene rings is 1. The first-order valence-electron chi connectivity index (χ1n) is 4.83. The van der Waals surface area contributed by atoms with Crippen molar-refractivity contribution in [1.82, 2.24) is 0 Å². The summed E-state index contributed by atoms with van der Waals surface area (Å²) in [6, 6.07) is 5.22. The van der Waals surface area contributed by atoms with E-state index in [9.17, 15) is 4.79 Å². The van der Waals surface area contributed by atoms with E-state index in [-0.39, 0.29) is 12.4 Å². The Balaban J connectivity index is 2.88. The lowest BCUT2D eigenvalue weighted by Gasteiger charge is -2.02. The zero-order valence-corrected chi connectivity index (χ0v) is 8.73. The molecule has 0 heterocycles. The van der Waals surface area contributed by atoms with Crippen LogP contribution < -0.4 is 5.73 Å². The zero-order valence-electron chi connectivity index (χ0n) is 8.73. The number of rotatable bonds is 4. The van der Waals surface area contributed by atoms with E-state index in [2.05, 4.69) is 0 Å². The Kier molecular flexibility index (Phi) is 4.06. The van der Waals surface area contributed by atoms with Crippen LogP contribution in [0.3, 0.4) is 0 Å². The fraction of sp³-hybridized carbons (Fsp3) is 0.250. The van der Waals surface area contributed by atoms with Gasteiger partial charge in [0.15, 0.2) is 5.78 Å². The van der Waals surface area contributed by atoms with E-state index in [1.807, 2.05) is 12.2 Å². The smallest absolute Gasteiger partial charge is 0.159 e. The molecule has 0 fully saturated rings. The van der Waals surface area contributed by atoms with Crippen molar-refractivity contribution in [3.8, 4) is 0 Å². The molecular formula is C12H15NO2. The van der Waals surface area contributed by atoms with Gasteiger partial charge in [0.05, 0.1) is 0 Å². The van der Waals surface area contributed by atoms with Crippen molar-refractivity contribution in [3.63, 3.8) is 0 Å². The number of nitrogen functional groups attached to an aromatic ring is 1. The lowest BCUT2D eigenvalue weighted by Crippen LogP contribution is -1.96. The van der Waals surface area contributed by atoms with E-state index in [4.69, 9.17) is 10.8 Å². The molecule has 0 saturated heterocycles. The Bertz CT molecular complexity index is 383. The number of hydrogen-bond acceptors (Lipinski definition) is 3. The van der Waals surface area contributed by atoms with Crippen LogP contribution in [-0.4, -0.2) is 17.5 Å². The molecule has 1 aromatic rings. The van der Waals surface area contributed by atoms with Crippen molar-refractivity contribution in [1.29, 1.82) is 0 Å². The average Bonchev–Trinajstić information content (AvgIpc) is 2.20. The normalized spacial score (nSPS) is 10.8. The first-order valence-corrected chi connectivity index (χ1v) is 4.83. The molecule has 1 rings (SSSR count). The summed E-state index contributed by atoms with van der Waals surface area (Å²) in [6.07, 6.45) is 4.29. The predicted molar refractivity (Wildman–Crippen MR) is 61.6 cm³/mol. The molecule has 0 aliphatic heterocycles. The number of ketones is 1. The van der Waals surface area contributed by atoms with Gasteiger partial charge in [-0.05, 0) is 25.0 Å². The predicted octanol–water partition coefficient (Wildman–Crippen LogP) is 1.87. The lowest BCUT2D eigenvalue weighted by molar-refractivity contribution is 0.101. The highest BCUT2D eigenvalue weighted by molar-refractivity contribution is 5.95. The van der Waals surface area contributed by atoms with Crippen LogP contribution in [0.15, 0.2) is 24.3 Å². The van der Waals surface area contributed by atoms with Gasteiger partial charge in [-0.2, -0.15) is 0 Å². The summed E-state index contributed by atoms with van der Waals surface area (Å²) in [7, 11) is 0. The number of Topliss-reactive ketones (excluding diaryl/α,β-unsaturated/α-hetero) is 1. The Morgan fingerprint density at radius 1 is 1.53 bits per heavy atom. The maximum absolute atomic E-state index is 11.1. The van der Waals surface area contributed by atoms with Crippen LogP contribution in [0, 0.1) is 0 Å². The first-order chi connectivity index (χ1) is 7.15. The Labute approximate surface area is 89.2 Å². The molecule has 0 unspecified atom stereocenters. The van der Waals surface area contributed by atoms with E-state index < -0.39 is 0 Å². The van der Waals surface area contributed by atoms with E-state index in [1.54, 1.807) is 18.2 Å². The van der Waals surface area contributed by atoms with Crippen LogP contribution in [0.25, 0.3) is 6.08 Å². The minimum Gasteiger partial charge on any atom is -0.398 e. The second-order valence-electron chi connectivity index (χ2n) is 3.31. The summed E-state index contributed by atoms with van der Waals surface area (Å²) in [6.45, 7) is 1.64. The molecule has 15 heavy (non-hydrogen) atoms. The van der Waals surface area contributed by atoms with Crippen LogP contribution in [0.5, 0.6) is 0 Å². The number of aliphatic hydroxyl groups is 1. The summed E-state index contributed by atoms with van der Waals surface area (Å²) in [5.41, 5.74) is 7.84. The number of aliphatic hydroxyl groups excluding tert-OH is 1. The summed E-state index contributed by atoms with van der Waals surface area (Å²) in [4.78, 5) is 11.1. The van der Waals surface area contributed by atoms with Crippen molar-refractivity contribution in [2.45, 2.75) is 13.3 Å². The van der Waals surface area contributed by atoms with Gasteiger partial charge in [-0.3, -0.25) is 4.79 Å². The molecule has 0 amide bonds. The molecule has 0 aromatic heterocycles. The van der Waals surface area contributed by atoms with Gasteiger partial charge in [-0.25, -0.2) is 0 Å². The van der Waals surface area contributed by atoms with Crippen molar-refractivity contribution < 1.29 is 9.90 Å². The maximum atomic E-state index is 11.1. The number of anilines is 1. The zero-order chi connectivity index (χ0) is 11.3. The van der Waals surface area contributed by atoms with Crippen molar-refractivity contribution >= 4 is 17.5 Å². The van der Waals surface area contributed by atoms with Crippen molar-refractivity contribution in [2.24, 2.45) is 0 Å². The third-order valence-corrected chi connectivity index (χ3v) is 2.09. The minimum absolute atomic E-state index is 0.00703. The van der Waals surface area contributed by atoms with Crippen molar-refractivity contribution in [3.05, 3.63) is 35.4 Å². The standard InChI is InChI=1S/C12H15NO2/c1-9(15)11-6-5-10(12(13)8-11)4-2-3-7-14/h2,4-6,8,14H,3,7,13H2,1H3. The van der Waals surface area contributed by atoms with Gasteiger partial charge < -0.3 is 10.8 Å². The molecular weight excluding hydrogens is 190 g/mol. The topological polar surface area (TPSA) is 63.3 Å². The second kappa shape index (κ2) is 5.32. The first kappa shape index (κ1) is 11.5. The molecule has 0 radical (unpaired) electrons. The van der Waals surface area contributed by atoms with E-state index >= 15 is 0 Å². The SMILES string of the molecule is CC(=O)c1ccc(C=CCCO)c(N)c1. The maximum Gasteiger partial charge on any atom is 0.159 e. The molecule has 0 saturated carbocycles. The molecule has 3 nitrogen and oxygen atoms in total. The van der Waals surface area contributed by atoms with E-state index in [0.29, 0.717) is 17.7 Å². The highest BCUT2D eigenvalue weighted by atomic mass is 16.2. The fourth-order valence-electron chi connectivity index (χ4n) is 1.23. The fourth-order valence-corrected chi connectivity index (χ4v) is 1.23. The second-order valence-corrected chi connectivity index (χ2v) is 3.31. The Morgan fingerprint density at radius 2 is 2.27 bits per heavy atom. The summed E-state index contributed by atoms with van der Waals surface area (Å²) in [5.74, 6) is 0.00703. The quantitative estimate of drug-likeness (QED) is 0.582. The minimum atomic E-state index is 0.00703. The largest absolute Gasteiger partial charge is 0.398 e.